The largest absolute Gasteiger partial charge is 0.513 e. The van der Waals surface area contributed by atoms with Gasteiger partial charge in [-0.05, 0) is 13.0 Å². The van der Waals surface area contributed by atoms with Crippen molar-refractivity contribution in [3.8, 4) is 0 Å². The Morgan fingerprint density at radius 3 is 2.75 bits per heavy atom. The van der Waals surface area contributed by atoms with Gasteiger partial charge in [-0.3, -0.25) is 0 Å². The van der Waals surface area contributed by atoms with E-state index >= 15 is 0 Å². The lowest BCUT2D eigenvalue weighted by atomic mass is 10.3. The maximum absolute atomic E-state index is 8.55. The second-order valence-electron chi connectivity index (χ2n) is 1.62. The van der Waals surface area contributed by atoms with Crippen LogP contribution in [0.1, 0.15) is 12.8 Å². The lowest BCUT2D eigenvalue weighted by molar-refractivity contribution is 0.387. The van der Waals surface area contributed by atoms with Crippen LogP contribution < -0.4 is 5.09 Å². The Bertz CT molecular complexity index is 74.8. The first-order valence-corrected chi connectivity index (χ1v) is 3.15. The molecule has 0 rings (SSSR count). The molecule has 2 N–H and O–H groups in total. The number of hydrogen-bond donors (Lipinski definition) is 2. The van der Waals surface area contributed by atoms with Crippen LogP contribution in [0.2, 0.25) is 0 Å². The maximum atomic E-state index is 8.55. The topological polar surface area (TPSA) is 32.3 Å². The minimum atomic E-state index is 0.269. The molecular formula is C5H12NOP. The number of nitrogens with one attached hydrogen (secondary N) is 1. The van der Waals surface area contributed by atoms with Gasteiger partial charge in [0.15, 0.2) is 0 Å². The second-order valence-corrected chi connectivity index (χ2v) is 2.03. The van der Waals surface area contributed by atoms with Gasteiger partial charge < -0.3 is 10.2 Å². The molecule has 0 bridgehead atoms. The monoisotopic (exact) mass is 133 g/mol. The number of hydrogen-bond acceptors (Lipinski definition) is 2. The summed E-state index contributed by atoms with van der Waals surface area (Å²) >= 11 is 0. The minimum absolute atomic E-state index is 0.269. The highest BCUT2D eigenvalue weighted by Crippen LogP contribution is 1.95. The predicted octanol–water partition coefficient (Wildman–Crippen LogP) is 1.22. The summed E-state index contributed by atoms with van der Waals surface area (Å²) in [5, 5.41) is 11.4. The molecule has 0 spiro atoms. The highest BCUT2D eigenvalue weighted by Gasteiger charge is 1.86. The molecule has 0 aromatic rings. The Labute approximate surface area is 52.2 Å². The fourth-order valence-electron chi connectivity index (χ4n) is 0.395. The van der Waals surface area contributed by atoms with Gasteiger partial charge in [-0.25, -0.2) is 0 Å². The SMILES string of the molecule is C=C(O)CCCNP. The number of rotatable bonds is 4. The van der Waals surface area contributed by atoms with E-state index in [1.54, 1.807) is 0 Å². The first-order valence-electron chi connectivity index (χ1n) is 2.57. The van der Waals surface area contributed by atoms with Crippen LogP contribution in [0.25, 0.3) is 0 Å². The van der Waals surface area contributed by atoms with Crippen molar-refractivity contribution in [2.24, 2.45) is 0 Å². The lowest BCUT2D eigenvalue weighted by Gasteiger charge is -1.95. The molecule has 3 heteroatoms. The average Bonchev–Trinajstić information content (AvgIpc) is 1.66. The summed E-state index contributed by atoms with van der Waals surface area (Å²) in [6.45, 7) is 4.25. The summed E-state index contributed by atoms with van der Waals surface area (Å²) in [5.74, 6) is 0.269. The summed E-state index contributed by atoms with van der Waals surface area (Å²) in [6, 6.07) is 0. The van der Waals surface area contributed by atoms with Crippen LogP contribution in [0.15, 0.2) is 12.3 Å². The van der Waals surface area contributed by atoms with Gasteiger partial charge in [0.05, 0.1) is 5.76 Å². The van der Waals surface area contributed by atoms with Crippen molar-refractivity contribution in [3.63, 3.8) is 0 Å². The fraction of sp³-hybridized carbons (Fsp3) is 0.600. The van der Waals surface area contributed by atoms with Crippen LogP contribution in [0, 0.1) is 0 Å². The quantitative estimate of drug-likeness (QED) is 0.343. The molecule has 0 fully saturated rings. The van der Waals surface area contributed by atoms with Crippen LogP contribution >= 0.6 is 9.39 Å². The molecule has 0 radical (unpaired) electrons. The van der Waals surface area contributed by atoms with Crippen LogP contribution in [0.3, 0.4) is 0 Å². The number of allylic oxidation sites excluding steroid dienone is 1. The van der Waals surface area contributed by atoms with Crippen LogP contribution in [-0.4, -0.2) is 11.7 Å². The molecule has 0 saturated carbocycles. The first-order chi connectivity index (χ1) is 3.77. The molecule has 1 atom stereocenters. The Morgan fingerprint density at radius 2 is 2.38 bits per heavy atom. The highest BCUT2D eigenvalue weighted by atomic mass is 31.0. The van der Waals surface area contributed by atoms with E-state index in [2.05, 4.69) is 21.1 Å². The van der Waals surface area contributed by atoms with E-state index in [-0.39, 0.29) is 5.76 Å². The summed E-state index contributed by atoms with van der Waals surface area (Å²) in [7, 11) is 2.40. The fourth-order valence-corrected chi connectivity index (χ4v) is 0.599. The van der Waals surface area contributed by atoms with Crippen molar-refractivity contribution in [3.05, 3.63) is 12.3 Å². The van der Waals surface area contributed by atoms with Gasteiger partial charge in [0.1, 0.15) is 0 Å². The molecule has 8 heavy (non-hydrogen) atoms. The van der Waals surface area contributed by atoms with Gasteiger partial charge in [-0.15, -0.1) is 0 Å². The number of aliphatic hydroxyl groups excluding tert-OH is 1. The summed E-state index contributed by atoms with van der Waals surface area (Å²) < 4.78 is 0. The van der Waals surface area contributed by atoms with Crippen molar-refractivity contribution in [1.29, 1.82) is 0 Å². The third-order valence-electron chi connectivity index (χ3n) is 0.786. The standard InChI is InChI=1S/C5H12NOP/c1-5(7)3-2-4-6-8/h6-7H,1-4,8H2. The van der Waals surface area contributed by atoms with Crippen molar-refractivity contribution < 1.29 is 5.11 Å². The molecule has 0 heterocycles. The molecule has 0 aliphatic carbocycles. The van der Waals surface area contributed by atoms with Crippen molar-refractivity contribution in [1.82, 2.24) is 5.09 Å². The third kappa shape index (κ3) is 5.93. The predicted molar refractivity (Wildman–Crippen MR) is 38.7 cm³/mol. The molecule has 0 amide bonds. The zero-order valence-corrected chi connectivity index (χ0v) is 6.01. The van der Waals surface area contributed by atoms with E-state index in [0.29, 0.717) is 6.42 Å². The molecule has 0 aromatic carbocycles. The molecule has 1 unspecified atom stereocenters. The molecule has 0 saturated heterocycles. The van der Waals surface area contributed by atoms with E-state index < -0.39 is 0 Å². The average molecular weight is 133 g/mol. The summed E-state index contributed by atoms with van der Waals surface area (Å²) in [6.07, 6.45) is 1.64. The maximum Gasteiger partial charge on any atom is 0.0851 e. The Balaban J connectivity index is 2.82. The second kappa shape index (κ2) is 5.07. The molecule has 0 aliphatic rings. The first kappa shape index (κ1) is 7.93. The van der Waals surface area contributed by atoms with E-state index in [1.165, 1.54) is 0 Å². The van der Waals surface area contributed by atoms with Crippen molar-refractivity contribution in [2.45, 2.75) is 12.8 Å². The Morgan fingerprint density at radius 1 is 1.75 bits per heavy atom. The van der Waals surface area contributed by atoms with Gasteiger partial charge in [0.25, 0.3) is 0 Å². The van der Waals surface area contributed by atoms with Gasteiger partial charge in [-0.2, -0.15) is 0 Å². The van der Waals surface area contributed by atoms with Crippen LogP contribution in [0.4, 0.5) is 0 Å². The smallest absolute Gasteiger partial charge is 0.0851 e. The van der Waals surface area contributed by atoms with Crippen molar-refractivity contribution >= 4 is 9.39 Å². The van der Waals surface area contributed by atoms with E-state index in [4.69, 9.17) is 5.11 Å². The zero-order valence-electron chi connectivity index (χ0n) is 4.85. The summed E-state index contributed by atoms with van der Waals surface area (Å²) in [5.41, 5.74) is 0. The van der Waals surface area contributed by atoms with Gasteiger partial charge in [-0.1, -0.05) is 16.0 Å². The molecule has 48 valence electrons. The molecular weight excluding hydrogens is 121 g/mol. The highest BCUT2D eigenvalue weighted by molar-refractivity contribution is 7.13. The van der Waals surface area contributed by atoms with Gasteiger partial charge >= 0.3 is 0 Å². The van der Waals surface area contributed by atoms with E-state index in [9.17, 15) is 0 Å². The summed E-state index contributed by atoms with van der Waals surface area (Å²) in [4.78, 5) is 0. The van der Waals surface area contributed by atoms with E-state index in [0.717, 1.165) is 13.0 Å². The third-order valence-corrected chi connectivity index (χ3v) is 1.08. The van der Waals surface area contributed by atoms with Crippen LogP contribution in [0.5, 0.6) is 0 Å². The Hall–Kier alpha value is -0.0700. The van der Waals surface area contributed by atoms with Crippen LogP contribution in [-0.2, 0) is 0 Å². The van der Waals surface area contributed by atoms with Crippen molar-refractivity contribution in [2.75, 3.05) is 6.54 Å². The molecule has 0 aliphatic heterocycles. The molecule has 2 nitrogen and oxygen atoms in total. The Kier molecular flexibility index (Phi) is 5.03. The normalized spacial score (nSPS) is 9.12. The number of aliphatic hydroxyl groups is 1. The van der Waals surface area contributed by atoms with Gasteiger partial charge in [0.2, 0.25) is 0 Å². The van der Waals surface area contributed by atoms with Gasteiger partial charge in [0, 0.05) is 6.42 Å². The lowest BCUT2D eigenvalue weighted by Crippen LogP contribution is -1.99. The molecule has 0 aromatic heterocycles. The zero-order chi connectivity index (χ0) is 6.41. The minimum Gasteiger partial charge on any atom is -0.513 e. The van der Waals surface area contributed by atoms with E-state index in [1.807, 2.05) is 0 Å².